The van der Waals surface area contributed by atoms with Crippen LogP contribution in [0.1, 0.15) is 5.56 Å². The van der Waals surface area contributed by atoms with Gasteiger partial charge < -0.3 is 0 Å². The van der Waals surface area contributed by atoms with Gasteiger partial charge in [0.05, 0.1) is 0 Å². The van der Waals surface area contributed by atoms with E-state index in [1.54, 1.807) is 12.1 Å². The molecule has 0 saturated heterocycles. The van der Waals surface area contributed by atoms with Crippen molar-refractivity contribution in [3.05, 3.63) is 41.7 Å². The highest BCUT2D eigenvalue weighted by molar-refractivity contribution is 9.09. The average Bonchev–Trinajstić information content (AvgIpc) is 2.16. The van der Waals surface area contributed by atoms with E-state index in [1.807, 2.05) is 6.08 Å². The fourth-order valence-electron chi connectivity index (χ4n) is 1.01. The molecule has 0 N–H and O–H groups in total. The molecule has 0 fully saturated rings. The SMILES string of the molecule is Fc1ccc(/C(=C/CCl)CBr)cc1. The normalized spacial score (nSPS) is 11.8. The van der Waals surface area contributed by atoms with Crippen LogP contribution in [0.4, 0.5) is 4.39 Å². The minimum Gasteiger partial charge on any atom is -0.207 e. The molecular formula is C10H9BrClF. The molecule has 1 aromatic rings. The second-order valence-corrected chi connectivity index (χ2v) is 3.39. The van der Waals surface area contributed by atoms with Crippen LogP contribution in [0.25, 0.3) is 5.57 Å². The highest BCUT2D eigenvalue weighted by Gasteiger charge is 1.98. The van der Waals surface area contributed by atoms with Crippen molar-refractivity contribution in [3.8, 4) is 0 Å². The molecule has 0 amide bonds. The number of alkyl halides is 2. The lowest BCUT2D eigenvalue weighted by Crippen LogP contribution is -1.86. The Labute approximate surface area is 90.5 Å². The van der Waals surface area contributed by atoms with Crippen LogP contribution in [0.15, 0.2) is 30.3 Å². The number of halogens is 3. The summed E-state index contributed by atoms with van der Waals surface area (Å²) in [4.78, 5) is 0. The van der Waals surface area contributed by atoms with Crippen LogP contribution in [-0.4, -0.2) is 11.2 Å². The molecule has 0 unspecified atom stereocenters. The van der Waals surface area contributed by atoms with E-state index in [0.29, 0.717) is 5.88 Å². The summed E-state index contributed by atoms with van der Waals surface area (Å²) in [6, 6.07) is 6.38. The molecule has 0 heterocycles. The highest BCUT2D eigenvalue weighted by Crippen LogP contribution is 2.17. The lowest BCUT2D eigenvalue weighted by atomic mass is 10.1. The van der Waals surface area contributed by atoms with Crippen LogP contribution in [0.3, 0.4) is 0 Å². The van der Waals surface area contributed by atoms with E-state index in [0.717, 1.165) is 16.5 Å². The molecule has 0 aliphatic heterocycles. The van der Waals surface area contributed by atoms with Crippen LogP contribution in [-0.2, 0) is 0 Å². The van der Waals surface area contributed by atoms with Crippen LogP contribution in [0, 0.1) is 5.82 Å². The van der Waals surface area contributed by atoms with Crippen molar-refractivity contribution in [2.45, 2.75) is 0 Å². The zero-order chi connectivity index (χ0) is 9.68. The molecule has 1 rings (SSSR count). The largest absolute Gasteiger partial charge is 0.207 e. The van der Waals surface area contributed by atoms with Crippen molar-refractivity contribution in [1.29, 1.82) is 0 Å². The van der Waals surface area contributed by atoms with E-state index < -0.39 is 0 Å². The molecule has 0 nitrogen and oxygen atoms in total. The quantitative estimate of drug-likeness (QED) is 0.727. The molecule has 0 aromatic heterocycles. The number of rotatable bonds is 3. The molecule has 0 radical (unpaired) electrons. The van der Waals surface area contributed by atoms with Crippen LogP contribution in [0.2, 0.25) is 0 Å². The summed E-state index contributed by atoms with van der Waals surface area (Å²) in [5.41, 5.74) is 2.08. The minimum absolute atomic E-state index is 0.219. The monoisotopic (exact) mass is 262 g/mol. The van der Waals surface area contributed by atoms with Gasteiger partial charge in [-0.25, -0.2) is 4.39 Å². The van der Waals surface area contributed by atoms with Gasteiger partial charge in [-0.2, -0.15) is 0 Å². The summed E-state index contributed by atoms with van der Waals surface area (Å²) >= 11 is 8.94. The van der Waals surface area contributed by atoms with Crippen molar-refractivity contribution < 1.29 is 4.39 Å². The van der Waals surface area contributed by atoms with E-state index >= 15 is 0 Å². The second-order valence-electron chi connectivity index (χ2n) is 2.52. The minimum atomic E-state index is -0.219. The van der Waals surface area contributed by atoms with Gasteiger partial charge in [-0.15, -0.1) is 11.6 Å². The average molecular weight is 264 g/mol. The summed E-state index contributed by atoms with van der Waals surface area (Å²) in [6.45, 7) is 0. The van der Waals surface area contributed by atoms with Crippen molar-refractivity contribution in [2.75, 3.05) is 11.2 Å². The third-order valence-electron chi connectivity index (χ3n) is 1.68. The maximum atomic E-state index is 12.6. The topological polar surface area (TPSA) is 0 Å². The second kappa shape index (κ2) is 5.40. The molecule has 3 heteroatoms. The Morgan fingerprint density at radius 3 is 2.46 bits per heavy atom. The Bertz CT molecular complexity index is 292. The van der Waals surface area contributed by atoms with Crippen molar-refractivity contribution >= 4 is 33.1 Å². The molecule has 0 aliphatic rings. The van der Waals surface area contributed by atoms with Gasteiger partial charge in [0.2, 0.25) is 0 Å². The standard InChI is InChI=1S/C10H9BrClF/c11-7-9(5-6-12)8-1-3-10(13)4-2-8/h1-5H,6-7H2/b9-5+. The molecule has 13 heavy (non-hydrogen) atoms. The predicted octanol–water partition coefficient (Wildman–Crippen LogP) is 3.84. The van der Waals surface area contributed by atoms with Gasteiger partial charge in [-0.3, -0.25) is 0 Å². The molecule has 70 valence electrons. The number of allylic oxidation sites excluding steroid dienone is 2. The van der Waals surface area contributed by atoms with Gasteiger partial charge in [0.25, 0.3) is 0 Å². The summed E-state index contributed by atoms with van der Waals surface area (Å²) in [6.07, 6.45) is 1.91. The zero-order valence-electron chi connectivity index (χ0n) is 6.93. The molecule has 0 spiro atoms. The first-order valence-corrected chi connectivity index (χ1v) is 5.50. The lowest BCUT2D eigenvalue weighted by molar-refractivity contribution is 0.627. The summed E-state index contributed by atoms with van der Waals surface area (Å²) in [5, 5.41) is 0.728. The molecule has 1 aromatic carbocycles. The van der Waals surface area contributed by atoms with E-state index in [1.165, 1.54) is 12.1 Å². The Hall–Kier alpha value is -0.340. The first kappa shape index (κ1) is 10.7. The summed E-state index contributed by atoms with van der Waals surface area (Å²) < 4.78 is 12.6. The van der Waals surface area contributed by atoms with Crippen LogP contribution < -0.4 is 0 Å². The van der Waals surface area contributed by atoms with Crippen molar-refractivity contribution in [3.63, 3.8) is 0 Å². The van der Waals surface area contributed by atoms with Crippen molar-refractivity contribution in [1.82, 2.24) is 0 Å². The third-order valence-corrected chi connectivity index (χ3v) is 2.44. The van der Waals surface area contributed by atoms with E-state index in [4.69, 9.17) is 11.6 Å². The van der Waals surface area contributed by atoms with Gasteiger partial charge in [0.15, 0.2) is 0 Å². The third kappa shape index (κ3) is 3.12. The fraction of sp³-hybridized carbons (Fsp3) is 0.200. The predicted molar refractivity (Wildman–Crippen MR) is 58.9 cm³/mol. The molecule has 0 bridgehead atoms. The first-order valence-electron chi connectivity index (χ1n) is 3.85. The molecule has 0 atom stereocenters. The smallest absolute Gasteiger partial charge is 0.123 e. The maximum Gasteiger partial charge on any atom is 0.123 e. The van der Waals surface area contributed by atoms with E-state index in [9.17, 15) is 4.39 Å². The Morgan fingerprint density at radius 1 is 1.38 bits per heavy atom. The highest BCUT2D eigenvalue weighted by atomic mass is 79.9. The van der Waals surface area contributed by atoms with E-state index in [2.05, 4.69) is 15.9 Å². The Balaban J connectivity index is 2.92. The molecule has 0 saturated carbocycles. The first-order chi connectivity index (χ1) is 6.27. The summed E-state index contributed by atoms with van der Waals surface area (Å²) in [5.74, 6) is 0.252. The van der Waals surface area contributed by atoms with Crippen molar-refractivity contribution in [2.24, 2.45) is 0 Å². The number of hydrogen-bond acceptors (Lipinski definition) is 0. The van der Waals surface area contributed by atoms with Gasteiger partial charge in [-0.1, -0.05) is 34.1 Å². The van der Waals surface area contributed by atoms with E-state index in [-0.39, 0.29) is 5.82 Å². The number of benzene rings is 1. The van der Waals surface area contributed by atoms with Gasteiger partial charge in [-0.05, 0) is 23.3 Å². The zero-order valence-corrected chi connectivity index (χ0v) is 9.28. The van der Waals surface area contributed by atoms with Crippen LogP contribution in [0.5, 0.6) is 0 Å². The van der Waals surface area contributed by atoms with Gasteiger partial charge >= 0.3 is 0 Å². The fourth-order valence-corrected chi connectivity index (χ4v) is 1.75. The van der Waals surface area contributed by atoms with Gasteiger partial charge in [0, 0.05) is 11.2 Å². The Morgan fingerprint density at radius 2 is 2.00 bits per heavy atom. The molecular weight excluding hydrogens is 254 g/mol. The maximum absolute atomic E-state index is 12.6. The summed E-state index contributed by atoms with van der Waals surface area (Å²) in [7, 11) is 0. The van der Waals surface area contributed by atoms with Crippen LogP contribution >= 0.6 is 27.5 Å². The van der Waals surface area contributed by atoms with Gasteiger partial charge in [0.1, 0.15) is 5.82 Å². The Kier molecular flexibility index (Phi) is 4.46. The number of hydrogen-bond donors (Lipinski definition) is 0. The molecule has 0 aliphatic carbocycles. The lowest BCUT2D eigenvalue weighted by Gasteiger charge is -2.02.